The highest BCUT2D eigenvalue weighted by molar-refractivity contribution is 6.10. The largest absolute Gasteiger partial charge is 0.309 e. The van der Waals surface area contributed by atoms with E-state index in [-0.39, 0.29) is 10.6 Å². The van der Waals surface area contributed by atoms with Crippen molar-refractivity contribution < 1.29 is 4.92 Å². The van der Waals surface area contributed by atoms with Gasteiger partial charge in [0.05, 0.1) is 21.5 Å². The first-order valence-corrected chi connectivity index (χ1v) is 23.5. The number of allylic oxidation sites excluding steroid dienone is 3. The van der Waals surface area contributed by atoms with Gasteiger partial charge in [-0.3, -0.25) is 10.1 Å². The van der Waals surface area contributed by atoms with Crippen LogP contribution in [0.1, 0.15) is 49.9 Å². The van der Waals surface area contributed by atoms with Crippen LogP contribution in [-0.4, -0.2) is 9.49 Å². The normalized spacial score (nSPS) is 11.8. The summed E-state index contributed by atoms with van der Waals surface area (Å²) in [6.45, 7) is 9.68. The molecule has 4 nitrogen and oxygen atoms in total. The number of nitrogens with zero attached hydrogens (tertiary/aromatic N) is 2. The number of aromatic nitrogens is 1. The average molecular weight is 883 g/mol. The molecule has 0 aliphatic heterocycles. The molecule has 0 unspecified atom stereocenters. The molecule has 0 N–H and O–H groups in total. The molecule has 0 radical (unpaired) electrons. The highest BCUT2D eigenvalue weighted by Crippen LogP contribution is 2.41. The third-order valence-electron chi connectivity index (χ3n) is 12.8. The molecule has 1 aliphatic carbocycles. The topological polar surface area (TPSA) is 48.1 Å². The van der Waals surface area contributed by atoms with Gasteiger partial charge in [0.1, 0.15) is 0 Å². The summed E-state index contributed by atoms with van der Waals surface area (Å²) in [6, 6.07) is 75.2. The number of hydrogen-bond acceptors (Lipinski definition) is 2. The molecule has 9 aromatic carbocycles. The molecule has 1 aliphatic rings. The molecule has 11 rings (SSSR count). The standard InChI is InChI=1S/C55H40N2O2.C7H8.C2H6/c1-3-48(53(4-2)57(58)59)46-32-44(38-17-12-15-36(28-38)40-24-25-43-30-42-14-8-9-21-49(42)51(43)34-40)31-45(33-46)39-18-13-16-37(29-39)41-26-27-55-52(35-41)50-22-10-11-23-54(50)56(55)47-19-6-5-7-20-47;1-7-5-3-2-4-6-7;1-2/h3-29,31-35H,30H2,1-2H3;2-6H,1H3;1-2H3/b48-3-,53-4+;;. The van der Waals surface area contributed by atoms with E-state index >= 15 is 0 Å². The molecule has 1 heterocycles. The van der Waals surface area contributed by atoms with Crippen molar-refractivity contribution in [3.05, 3.63) is 263 Å². The summed E-state index contributed by atoms with van der Waals surface area (Å²) < 4.78 is 2.33. The molecule has 0 saturated heterocycles. The van der Waals surface area contributed by atoms with Gasteiger partial charge in [0.2, 0.25) is 0 Å². The van der Waals surface area contributed by atoms with E-state index in [4.69, 9.17) is 0 Å². The lowest BCUT2D eigenvalue weighted by atomic mass is 9.90. The van der Waals surface area contributed by atoms with Crippen molar-refractivity contribution in [1.29, 1.82) is 0 Å². The Kier molecular flexibility index (Phi) is 13.2. The van der Waals surface area contributed by atoms with Gasteiger partial charge < -0.3 is 4.57 Å². The Morgan fingerprint density at radius 3 is 1.60 bits per heavy atom. The van der Waals surface area contributed by atoms with E-state index in [0.29, 0.717) is 5.57 Å². The second kappa shape index (κ2) is 20.0. The van der Waals surface area contributed by atoms with Gasteiger partial charge in [-0.15, -0.1) is 0 Å². The van der Waals surface area contributed by atoms with Gasteiger partial charge in [-0.05, 0) is 172 Å². The molecule has 4 heteroatoms. The molecule has 0 spiro atoms. The first-order valence-electron chi connectivity index (χ1n) is 23.5. The second-order valence-electron chi connectivity index (χ2n) is 16.9. The number of para-hydroxylation sites is 2. The summed E-state index contributed by atoms with van der Waals surface area (Å²) in [5, 5.41) is 14.7. The van der Waals surface area contributed by atoms with Crippen molar-refractivity contribution in [2.24, 2.45) is 0 Å². The van der Waals surface area contributed by atoms with Crippen LogP contribution in [-0.2, 0) is 6.42 Å². The third-order valence-corrected chi connectivity index (χ3v) is 12.8. The summed E-state index contributed by atoms with van der Waals surface area (Å²) in [5.41, 5.74) is 20.1. The Hall–Kier alpha value is -8.34. The lowest BCUT2D eigenvalue weighted by Gasteiger charge is -2.14. The van der Waals surface area contributed by atoms with Crippen LogP contribution in [0.4, 0.5) is 0 Å². The highest BCUT2D eigenvalue weighted by atomic mass is 16.6. The monoisotopic (exact) mass is 882 g/mol. The zero-order valence-corrected chi connectivity index (χ0v) is 39.3. The maximum Gasteiger partial charge on any atom is 0.272 e. The van der Waals surface area contributed by atoms with E-state index < -0.39 is 0 Å². The molecule has 1 aromatic heterocycles. The molecule has 10 aromatic rings. The molecule has 0 fully saturated rings. The SMILES string of the molecule is C/C=C(\C(=C/C)[N+](=O)[O-])c1cc(-c2cccc(-c3ccc4c(c3)-c3ccccc3C4)c2)cc(-c2cccc(-c3ccc4c(c3)c3ccccc3n4-c3ccccc3)c2)c1.CC.Cc1ccccc1. The summed E-state index contributed by atoms with van der Waals surface area (Å²) in [7, 11) is 0. The van der Waals surface area contributed by atoms with Crippen molar-refractivity contribution in [3.63, 3.8) is 0 Å². The van der Waals surface area contributed by atoms with E-state index in [2.05, 4.69) is 200 Å². The fourth-order valence-electron chi connectivity index (χ4n) is 9.54. The Morgan fingerprint density at radius 2 is 0.985 bits per heavy atom. The van der Waals surface area contributed by atoms with Crippen molar-refractivity contribution >= 4 is 27.4 Å². The second-order valence-corrected chi connectivity index (χ2v) is 16.9. The predicted molar refractivity (Wildman–Crippen MR) is 288 cm³/mol. The fraction of sp³-hybridized carbons (Fsp3) is 0.0938. The smallest absolute Gasteiger partial charge is 0.272 e. The van der Waals surface area contributed by atoms with Gasteiger partial charge in [0, 0.05) is 16.5 Å². The van der Waals surface area contributed by atoms with E-state index in [1.165, 1.54) is 44.1 Å². The summed E-state index contributed by atoms with van der Waals surface area (Å²) in [5.74, 6) is 0. The number of benzene rings is 9. The van der Waals surface area contributed by atoms with Gasteiger partial charge >= 0.3 is 0 Å². The first kappa shape index (κ1) is 44.8. The fourth-order valence-corrected chi connectivity index (χ4v) is 9.54. The number of fused-ring (bicyclic) bond motifs is 6. The molecule has 0 amide bonds. The van der Waals surface area contributed by atoms with Crippen LogP contribution in [0.5, 0.6) is 0 Å². The number of nitro groups is 1. The van der Waals surface area contributed by atoms with Gasteiger partial charge in [-0.25, -0.2) is 0 Å². The zero-order valence-electron chi connectivity index (χ0n) is 39.3. The maximum atomic E-state index is 12.3. The molecule has 332 valence electrons. The van der Waals surface area contributed by atoms with Crippen LogP contribution in [0.25, 0.3) is 88.7 Å². The third kappa shape index (κ3) is 8.97. The summed E-state index contributed by atoms with van der Waals surface area (Å²) in [6.07, 6.45) is 4.39. The molecule has 0 bridgehead atoms. The maximum absolute atomic E-state index is 12.3. The van der Waals surface area contributed by atoms with Crippen molar-refractivity contribution in [2.75, 3.05) is 0 Å². The lowest BCUT2D eigenvalue weighted by molar-refractivity contribution is -0.417. The van der Waals surface area contributed by atoms with Crippen LogP contribution >= 0.6 is 0 Å². The number of hydrogen-bond donors (Lipinski definition) is 0. The first-order chi connectivity index (χ1) is 33.4. The Balaban J connectivity index is 0.000000584. The van der Waals surface area contributed by atoms with Gasteiger partial charge in [0.15, 0.2) is 0 Å². The molecule has 0 saturated carbocycles. The van der Waals surface area contributed by atoms with Crippen LogP contribution in [0.15, 0.2) is 230 Å². The van der Waals surface area contributed by atoms with Gasteiger partial charge in [-0.2, -0.15) is 0 Å². The molecule has 68 heavy (non-hydrogen) atoms. The minimum Gasteiger partial charge on any atom is -0.309 e. The van der Waals surface area contributed by atoms with Crippen molar-refractivity contribution in [2.45, 2.75) is 41.0 Å². The van der Waals surface area contributed by atoms with E-state index in [1.807, 2.05) is 51.1 Å². The van der Waals surface area contributed by atoms with E-state index in [0.717, 1.165) is 67.7 Å². The Labute approximate surface area is 400 Å². The van der Waals surface area contributed by atoms with E-state index in [9.17, 15) is 10.1 Å². The minimum absolute atomic E-state index is 0.0829. The van der Waals surface area contributed by atoms with Crippen molar-refractivity contribution in [1.82, 2.24) is 4.57 Å². The Bertz CT molecular complexity index is 3500. The molecule has 0 atom stereocenters. The summed E-state index contributed by atoms with van der Waals surface area (Å²) in [4.78, 5) is 12.0. The van der Waals surface area contributed by atoms with Crippen LogP contribution < -0.4 is 0 Å². The predicted octanol–water partition coefficient (Wildman–Crippen LogP) is 17.6. The molecular weight excluding hydrogens is 829 g/mol. The Morgan fingerprint density at radius 1 is 0.471 bits per heavy atom. The number of aryl methyl sites for hydroxylation is 1. The minimum atomic E-state index is -0.292. The zero-order chi connectivity index (χ0) is 47.1. The van der Waals surface area contributed by atoms with Crippen molar-refractivity contribution in [3.8, 4) is 61.3 Å². The van der Waals surface area contributed by atoms with Crippen LogP contribution in [0.2, 0.25) is 0 Å². The van der Waals surface area contributed by atoms with E-state index in [1.54, 1.807) is 13.0 Å². The van der Waals surface area contributed by atoms with Gasteiger partial charge in [0.25, 0.3) is 5.70 Å². The number of rotatable bonds is 8. The quantitative estimate of drug-likeness (QED) is 0.0867. The van der Waals surface area contributed by atoms with Gasteiger partial charge in [-0.1, -0.05) is 171 Å². The summed E-state index contributed by atoms with van der Waals surface area (Å²) >= 11 is 0. The highest BCUT2D eigenvalue weighted by Gasteiger charge is 2.21. The van der Waals surface area contributed by atoms with Crippen LogP contribution in [0, 0.1) is 17.0 Å². The van der Waals surface area contributed by atoms with Crippen LogP contribution in [0.3, 0.4) is 0 Å². The molecular formula is C64H54N2O2. The average Bonchev–Trinajstić information content (AvgIpc) is 3.94. The lowest BCUT2D eigenvalue weighted by Crippen LogP contribution is -2.02.